The summed E-state index contributed by atoms with van der Waals surface area (Å²) in [5.41, 5.74) is 0. The summed E-state index contributed by atoms with van der Waals surface area (Å²) in [6, 6.07) is 0. The fraction of sp³-hybridized carbons (Fsp3) is 1.00. The molecule has 0 aliphatic heterocycles. The van der Waals surface area contributed by atoms with Crippen LogP contribution < -0.4 is 0 Å². The van der Waals surface area contributed by atoms with Crippen molar-refractivity contribution >= 4 is 0 Å². The van der Waals surface area contributed by atoms with E-state index in [1.165, 1.54) is 0 Å². The monoisotopic (exact) mass is 242 g/mol. The number of alkyl halides is 3. The molecule has 0 aliphatic carbocycles. The Kier molecular flexibility index (Phi) is 7.76. The minimum atomic E-state index is -4.24. The van der Waals surface area contributed by atoms with Gasteiger partial charge in [-0.05, 0) is 31.6 Å². The summed E-state index contributed by atoms with van der Waals surface area (Å²) in [4.78, 5) is 0. The largest absolute Gasteiger partial charge is 0.411 e. The lowest BCUT2D eigenvalue weighted by Gasteiger charge is -2.12. The Morgan fingerprint density at radius 2 is 1.81 bits per heavy atom. The summed E-state index contributed by atoms with van der Waals surface area (Å²) in [6.07, 6.45) is -1.95. The number of rotatable bonds is 8. The maximum atomic E-state index is 11.7. The molecule has 0 amide bonds. The molecule has 0 rings (SSSR count). The van der Waals surface area contributed by atoms with E-state index in [9.17, 15) is 18.3 Å². The van der Waals surface area contributed by atoms with Gasteiger partial charge in [-0.1, -0.05) is 13.8 Å². The first-order valence-corrected chi connectivity index (χ1v) is 5.64. The van der Waals surface area contributed by atoms with Gasteiger partial charge in [-0.15, -0.1) is 0 Å². The molecule has 1 atom stereocenters. The molecule has 5 heteroatoms. The molecule has 98 valence electrons. The first kappa shape index (κ1) is 15.7. The van der Waals surface area contributed by atoms with Crippen LogP contribution in [0.1, 0.15) is 39.5 Å². The topological polar surface area (TPSA) is 29.5 Å². The van der Waals surface area contributed by atoms with Crippen molar-refractivity contribution in [3.63, 3.8) is 0 Å². The number of hydrogen-bond donors (Lipinski definition) is 1. The zero-order chi connectivity index (χ0) is 12.6. The number of ether oxygens (including phenoxy) is 1. The van der Waals surface area contributed by atoms with Gasteiger partial charge in [0, 0.05) is 6.61 Å². The minimum absolute atomic E-state index is 0.105. The van der Waals surface area contributed by atoms with Crippen LogP contribution >= 0.6 is 0 Å². The molecule has 0 aromatic heterocycles. The van der Waals surface area contributed by atoms with Crippen LogP contribution in [-0.4, -0.2) is 30.6 Å². The average molecular weight is 242 g/mol. The van der Waals surface area contributed by atoms with Crippen molar-refractivity contribution in [1.29, 1.82) is 0 Å². The van der Waals surface area contributed by atoms with Gasteiger partial charge < -0.3 is 9.84 Å². The Balaban J connectivity index is 3.27. The van der Waals surface area contributed by atoms with Crippen LogP contribution in [0, 0.1) is 5.92 Å². The van der Waals surface area contributed by atoms with E-state index in [-0.39, 0.29) is 12.7 Å². The molecular formula is C11H21F3O2. The van der Waals surface area contributed by atoms with Crippen LogP contribution in [0.4, 0.5) is 13.2 Å². The van der Waals surface area contributed by atoms with Gasteiger partial charge in [0.25, 0.3) is 0 Å². The van der Waals surface area contributed by atoms with Gasteiger partial charge in [0.05, 0.1) is 6.10 Å². The van der Waals surface area contributed by atoms with E-state index in [1.807, 2.05) is 13.8 Å². The fourth-order valence-corrected chi connectivity index (χ4v) is 1.43. The number of unbranched alkanes of at least 4 members (excludes halogenated alkanes) is 1. The van der Waals surface area contributed by atoms with E-state index in [0.29, 0.717) is 25.2 Å². The first-order valence-electron chi connectivity index (χ1n) is 5.64. The number of hydrogen-bond acceptors (Lipinski definition) is 2. The van der Waals surface area contributed by atoms with E-state index >= 15 is 0 Å². The summed E-state index contributed by atoms with van der Waals surface area (Å²) in [5, 5.41) is 9.48. The molecule has 0 fully saturated rings. The maximum absolute atomic E-state index is 11.7. The average Bonchev–Trinajstić information content (AvgIpc) is 2.07. The second kappa shape index (κ2) is 7.90. The van der Waals surface area contributed by atoms with Crippen molar-refractivity contribution in [3.05, 3.63) is 0 Å². The third-order valence-electron chi connectivity index (χ3n) is 2.09. The van der Waals surface area contributed by atoms with Crippen molar-refractivity contribution in [1.82, 2.24) is 0 Å². The normalized spacial score (nSPS) is 14.4. The van der Waals surface area contributed by atoms with Crippen LogP contribution in [0.3, 0.4) is 0 Å². The Morgan fingerprint density at radius 3 is 2.31 bits per heavy atom. The van der Waals surface area contributed by atoms with Gasteiger partial charge in [-0.25, -0.2) is 0 Å². The van der Waals surface area contributed by atoms with E-state index in [0.717, 1.165) is 6.42 Å². The fourth-order valence-electron chi connectivity index (χ4n) is 1.43. The molecule has 0 aliphatic rings. The van der Waals surface area contributed by atoms with Crippen molar-refractivity contribution in [2.24, 2.45) is 5.92 Å². The zero-order valence-corrected chi connectivity index (χ0v) is 9.89. The summed E-state index contributed by atoms with van der Waals surface area (Å²) in [6.45, 7) is 2.97. The molecule has 0 saturated carbocycles. The minimum Gasteiger partial charge on any atom is -0.393 e. The van der Waals surface area contributed by atoms with Crippen LogP contribution in [0.2, 0.25) is 0 Å². The second-order valence-corrected chi connectivity index (χ2v) is 4.45. The van der Waals surface area contributed by atoms with Crippen molar-refractivity contribution in [3.8, 4) is 0 Å². The summed E-state index contributed by atoms with van der Waals surface area (Å²) in [5.74, 6) is 0.441. The van der Waals surface area contributed by atoms with Crippen molar-refractivity contribution < 1.29 is 23.0 Å². The van der Waals surface area contributed by atoms with E-state index in [2.05, 4.69) is 4.74 Å². The third kappa shape index (κ3) is 11.8. The Hall–Kier alpha value is -0.290. The van der Waals surface area contributed by atoms with Gasteiger partial charge in [-0.3, -0.25) is 0 Å². The third-order valence-corrected chi connectivity index (χ3v) is 2.09. The number of aliphatic hydroxyl groups is 1. The zero-order valence-electron chi connectivity index (χ0n) is 9.89. The smallest absolute Gasteiger partial charge is 0.393 e. The van der Waals surface area contributed by atoms with Gasteiger partial charge in [0.15, 0.2) is 0 Å². The Labute approximate surface area is 94.8 Å². The SMILES string of the molecule is CC(C)CC(O)CCCCOCC(F)(F)F. The molecule has 1 unspecified atom stereocenters. The highest BCUT2D eigenvalue weighted by Crippen LogP contribution is 2.15. The second-order valence-electron chi connectivity index (χ2n) is 4.45. The molecule has 2 nitrogen and oxygen atoms in total. The van der Waals surface area contributed by atoms with Gasteiger partial charge >= 0.3 is 6.18 Å². The van der Waals surface area contributed by atoms with Crippen LogP contribution in [0.25, 0.3) is 0 Å². The highest BCUT2D eigenvalue weighted by molar-refractivity contribution is 4.58. The number of aliphatic hydroxyl groups excluding tert-OH is 1. The van der Waals surface area contributed by atoms with Crippen LogP contribution in [0.5, 0.6) is 0 Å². The molecule has 0 spiro atoms. The standard InChI is InChI=1S/C11H21F3O2/c1-9(2)7-10(15)5-3-4-6-16-8-11(12,13)14/h9-10,15H,3-8H2,1-2H3. The summed E-state index contributed by atoms with van der Waals surface area (Å²) < 4.78 is 39.5. The Morgan fingerprint density at radius 1 is 1.19 bits per heavy atom. The first-order chi connectivity index (χ1) is 7.31. The molecular weight excluding hydrogens is 221 g/mol. The quantitative estimate of drug-likeness (QED) is 0.662. The lowest BCUT2D eigenvalue weighted by Crippen LogP contribution is -2.17. The number of halogens is 3. The predicted octanol–water partition coefficient (Wildman–Crippen LogP) is 3.14. The summed E-state index contributed by atoms with van der Waals surface area (Å²) >= 11 is 0. The molecule has 0 aromatic carbocycles. The van der Waals surface area contributed by atoms with Gasteiger partial charge in [0.1, 0.15) is 6.61 Å². The van der Waals surface area contributed by atoms with Gasteiger partial charge in [-0.2, -0.15) is 13.2 Å². The van der Waals surface area contributed by atoms with Crippen molar-refractivity contribution in [2.75, 3.05) is 13.2 Å². The lowest BCUT2D eigenvalue weighted by molar-refractivity contribution is -0.174. The molecule has 1 N–H and O–H groups in total. The predicted molar refractivity (Wildman–Crippen MR) is 56.2 cm³/mol. The molecule has 0 bridgehead atoms. The van der Waals surface area contributed by atoms with Gasteiger partial charge in [0.2, 0.25) is 0 Å². The lowest BCUT2D eigenvalue weighted by atomic mass is 10.0. The molecule has 16 heavy (non-hydrogen) atoms. The molecule has 0 aromatic rings. The van der Waals surface area contributed by atoms with E-state index < -0.39 is 12.8 Å². The van der Waals surface area contributed by atoms with Crippen LogP contribution in [-0.2, 0) is 4.74 Å². The molecule has 0 radical (unpaired) electrons. The van der Waals surface area contributed by atoms with Crippen molar-refractivity contribution in [2.45, 2.75) is 51.8 Å². The summed E-state index contributed by atoms with van der Waals surface area (Å²) in [7, 11) is 0. The van der Waals surface area contributed by atoms with Crippen LogP contribution in [0.15, 0.2) is 0 Å². The van der Waals surface area contributed by atoms with E-state index in [1.54, 1.807) is 0 Å². The maximum Gasteiger partial charge on any atom is 0.411 e. The van der Waals surface area contributed by atoms with E-state index in [4.69, 9.17) is 0 Å². The molecule has 0 saturated heterocycles. The Bertz CT molecular complexity index is 169. The highest BCUT2D eigenvalue weighted by atomic mass is 19.4. The molecule has 0 heterocycles. The highest BCUT2D eigenvalue weighted by Gasteiger charge is 2.27.